The second-order valence-electron chi connectivity index (χ2n) is 6.38. The summed E-state index contributed by atoms with van der Waals surface area (Å²) in [6.45, 7) is 7.55. The minimum absolute atomic E-state index is 0.176. The van der Waals surface area contributed by atoms with E-state index in [0.717, 1.165) is 12.1 Å². The molecule has 9 heteroatoms. The van der Waals surface area contributed by atoms with Crippen LogP contribution in [-0.4, -0.2) is 29.2 Å². The molecule has 0 aliphatic carbocycles. The summed E-state index contributed by atoms with van der Waals surface area (Å²) in [6, 6.07) is 3.06. The van der Waals surface area contributed by atoms with E-state index in [4.69, 9.17) is 11.5 Å². The Hall–Kier alpha value is -2.58. The Bertz CT molecular complexity index is 710. The Morgan fingerprint density at radius 1 is 1.31 bits per heavy atom. The molecular weight excluding hydrogens is 349 g/mol. The van der Waals surface area contributed by atoms with Crippen molar-refractivity contribution >= 4 is 17.8 Å². The number of alkyl halides is 3. The van der Waals surface area contributed by atoms with E-state index in [2.05, 4.69) is 4.99 Å². The summed E-state index contributed by atoms with van der Waals surface area (Å²) in [5, 5.41) is 0. The number of fused-ring (bicyclic) bond motifs is 1. The lowest BCUT2D eigenvalue weighted by Crippen LogP contribution is -2.30. The second-order valence-corrected chi connectivity index (χ2v) is 6.38. The van der Waals surface area contributed by atoms with E-state index in [1.54, 1.807) is 11.8 Å². The first-order chi connectivity index (χ1) is 11.8. The Morgan fingerprint density at radius 3 is 2.27 bits per heavy atom. The highest BCUT2D eigenvalue weighted by Gasteiger charge is 2.37. The molecule has 6 nitrogen and oxygen atoms in total. The lowest BCUT2D eigenvalue weighted by molar-refractivity contribution is -0.137. The zero-order valence-corrected chi connectivity index (χ0v) is 15.1. The molecule has 1 heterocycles. The third-order valence-corrected chi connectivity index (χ3v) is 3.64. The fourth-order valence-corrected chi connectivity index (χ4v) is 2.59. The van der Waals surface area contributed by atoms with Crippen LogP contribution < -0.4 is 11.5 Å². The molecule has 2 rings (SSSR count). The third kappa shape index (κ3) is 5.47. The van der Waals surface area contributed by atoms with Crippen LogP contribution in [0.2, 0.25) is 0 Å². The van der Waals surface area contributed by atoms with Crippen LogP contribution in [0.4, 0.5) is 13.2 Å². The van der Waals surface area contributed by atoms with Gasteiger partial charge in [-0.05, 0) is 36.6 Å². The highest BCUT2D eigenvalue weighted by atomic mass is 19.4. The number of amides is 2. The SMILES string of the molecule is CC(=O)N=C(N)N.CC(C)CN1C(=O)c2ccc(C(F)(F)F)cc2C1C. The van der Waals surface area contributed by atoms with Crippen LogP contribution >= 0.6 is 0 Å². The minimum atomic E-state index is -4.37. The van der Waals surface area contributed by atoms with Crippen molar-refractivity contribution in [3.8, 4) is 0 Å². The van der Waals surface area contributed by atoms with Crippen molar-refractivity contribution in [3.63, 3.8) is 0 Å². The van der Waals surface area contributed by atoms with Gasteiger partial charge in [-0.3, -0.25) is 9.59 Å². The summed E-state index contributed by atoms with van der Waals surface area (Å²) in [5.41, 5.74) is 9.77. The molecule has 26 heavy (non-hydrogen) atoms. The molecule has 0 radical (unpaired) electrons. The average Bonchev–Trinajstić information content (AvgIpc) is 2.70. The lowest BCUT2D eigenvalue weighted by Gasteiger charge is -2.24. The summed E-state index contributed by atoms with van der Waals surface area (Å²) < 4.78 is 38.1. The third-order valence-electron chi connectivity index (χ3n) is 3.64. The Kier molecular flexibility index (Phi) is 6.77. The van der Waals surface area contributed by atoms with Crippen LogP contribution in [0.3, 0.4) is 0 Å². The highest BCUT2D eigenvalue weighted by molar-refractivity contribution is 5.99. The number of hydrogen-bond donors (Lipinski definition) is 2. The fourth-order valence-electron chi connectivity index (χ4n) is 2.59. The molecule has 1 aromatic rings. The number of aliphatic imine (C=N–C) groups is 1. The van der Waals surface area contributed by atoms with Gasteiger partial charge in [-0.2, -0.15) is 18.2 Å². The van der Waals surface area contributed by atoms with E-state index in [9.17, 15) is 22.8 Å². The number of carbonyl (C=O) groups excluding carboxylic acids is 2. The highest BCUT2D eigenvalue weighted by Crippen LogP contribution is 2.38. The number of hydrogen-bond acceptors (Lipinski definition) is 2. The van der Waals surface area contributed by atoms with E-state index >= 15 is 0 Å². The zero-order chi connectivity index (χ0) is 20.2. The maximum absolute atomic E-state index is 12.7. The van der Waals surface area contributed by atoms with Gasteiger partial charge in [-0.25, -0.2) is 0 Å². The first-order valence-corrected chi connectivity index (χ1v) is 7.96. The Balaban J connectivity index is 0.000000412. The summed E-state index contributed by atoms with van der Waals surface area (Å²) in [5.74, 6) is -0.458. The van der Waals surface area contributed by atoms with Gasteiger partial charge in [0.25, 0.3) is 5.91 Å². The molecule has 0 bridgehead atoms. The summed E-state index contributed by atoms with van der Waals surface area (Å²) >= 11 is 0. The number of carbonyl (C=O) groups is 2. The van der Waals surface area contributed by atoms with Gasteiger partial charge < -0.3 is 16.4 Å². The predicted molar refractivity (Wildman–Crippen MR) is 92.2 cm³/mol. The summed E-state index contributed by atoms with van der Waals surface area (Å²) in [6.07, 6.45) is -4.37. The molecule has 1 aromatic carbocycles. The van der Waals surface area contributed by atoms with Gasteiger partial charge in [0.05, 0.1) is 11.6 Å². The number of nitrogens with zero attached hydrogens (tertiary/aromatic N) is 2. The topological polar surface area (TPSA) is 102 Å². The molecule has 2 amide bonds. The van der Waals surface area contributed by atoms with Crippen molar-refractivity contribution in [2.45, 2.75) is 39.9 Å². The molecule has 1 atom stereocenters. The monoisotopic (exact) mass is 372 g/mol. The average molecular weight is 372 g/mol. The molecule has 1 aliphatic rings. The van der Waals surface area contributed by atoms with E-state index in [-0.39, 0.29) is 29.7 Å². The van der Waals surface area contributed by atoms with Gasteiger partial charge in [0.15, 0.2) is 5.96 Å². The van der Waals surface area contributed by atoms with E-state index in [0.29, 0.717) is 17.7 Å². The first kappa shape index (κ1) is 21.5. The molecule has 4 N–H and O–H groups in total. The van der Waals surface area contributed by atoms with Crippen molar-refractivity contribution in [1.82, 2.24) is 4.90 Å². The largest absolute Gasteiger partial charge is 0.416 e. The van der Waals surface area contributed by atoms with Gasteiger partial charge in [0.1, 0.15) is 0 Å². The van der Waals surface area contributed by atoms with Crippen molar-refractivity contribution in [3.05, 3.63) is 34.9 Å². The number of halogens is 3. The van der Waals surface area contributed by atoms with Crippen molar-refractivity contribution in [2.75, 3.05) is 6.54 Å². The maximum atomic E-state index is 12.7. The molecule has 0 fully saturated rings. The smallest absolute Gasteiger partial charge is 0.370 e. The van der Waals surface area contributed by atoms with Crippen LogP contribution in [0.1, 0.15) is 55.2 Å². The summed E-state index contributed by atoms with van der Waals surface area (Å²) in [4.78, 5) is 26.8. The maximum Gasteiger partial charge on any atom is 0.416 e. The van der Waals surface area contributed by atoms with Crippen LogP contribution in [0.25, 0.3) is 0 Å². The summed E-state index contributed by atoms with van der Waals surface area (Å²) in [7, 11) is 0. The predicted octanol–water partition coefficient (Wildman–Crippen LogP) is 2.68. The van der Waals surface area contributed by atoms with Gasteiger partial charge in [-0.1, -0.05) is 13.8 Å². The molecule has 1 unspecified atom stereocenters. The Morgan fingerprint density at radius 2 is 1.88 bits per heavy atom. The molecule has 0 saturated heterocycles. The molecule has 0 spiro atoms. The Labute approximate surface area is 150 Å². The van der Waals surface area contributed by atoms with Crippen molar-refractivity contribution in [2.24, 2.45) is 22.4 Å². The normalized spacial score (nSPS) is 16.1. The quantitative estimate of drug-likeness (QED) is 0.615. The molecule has 0 aromatic heterocycles. The number of rotatable bonds is 2. The molecule has 144 valence electrons. The first-order valence-electron chi connectivity index (χ1n) is 7.96. The van der Waals surface area contributed by atoms with E-state index in [1.165, 1.54) is 13.0 Å². The van der Waals surface area contributed by atoms with Crippen LogP contribution in [0.5, 0.6) is 0 Å². The minimum Gasteiger partial charge on any atom is -0.370 e. The van der Waals surface area contributed by atoms with Crippen LogP contribution in [0.15, 0.2) is 23.2 Å². The van der Waals surface area contributed by atoms with Gasteiger partial charge in [0, 0.05) is 19.0 Å². The number of guanidine groups is 1. The lowest BCUT2D eigenvalue weighted by atomic mass is 10.0. The van der Waals surface area contributed by atoms with E-state index in [1.807, 2.05) is 13.8 Å². The van der Waals surface area contributed by atoms with Crippen LogP contribution in [0, 0.1) is 5.92 Å². The fraction of sp³-hybridized carbons (Fsp3) is 0.471. The standard InChI is InChI=1S/C14H16F3NO.C3H7N3O/c1-8(2)7-18-9(3)12-6-10(14(15,16)17)4-5-11(12)13(18)19;1-2(7)6-3(4)5/h4-6,8-9H,7H2,1-3H3;1H3,(H4,4,5,6,7). The molecular formula is C17H23F3N4O2. The number of benzene rings is 1. The number of nitrogens with two attached hydrogens (primary N) is 2. The van der Waals surface area contributed by atoms with E-state index < -0.39 is 11.7 Å². The van der Waals surface area contributed by atoms with Crippen LogP contribution in [-0.2, 0) is 11.0 Å². The zero-order valence-electron chi connectivity index (χ0n) is 15.1. The van der Waals surface area contributed by atoms with Gasteiger partial charge in [0.2, 0.25) is 5.91 Å². The van der Waals surface area contributed by atoms with Crippen molar-refractivity contribution in [1.29, 1.82) is 0 Å². The van der Waals surface area contributed by atoms with Gasteiger partial charge >= 0.3 is 6.18 Å². The second kappa shape index (κ2) is 8.20. The van der Waals surface area contributed by atoms with Crippen molar-refractivity contribution < 1.29 is 22.8 Å². The van der Waals surface area contributed by atoms with Gasteiger partial charge in [-0.15, -0.1) is 0 Å². The molecule has 0 saturated carbocycles. The molecule has 1 aliphatic heterocycles.